The number of benzene rings is 2. The van der Waals surface area contributed by atoms with Crippen molar-refractivity contribution in [1.82, 2.24) is 0 Å². The third-order valence-electron chi connectivity index (χ3n) is 2.86. The molecule has 5 heteroatoms. The van der Waals surface area contributed by atoms with Crippen LogP contribution in [0.5, 0.6) is 0 Å². The molecule has 0 N–H and O–H groups in total. The van der Waals surface area contributed by atoms with Gasteiger partial charge in [0, 0.05) is 16.5 Å². The summed E-state index contributed by atoms with van der Waals surface area (Å²) < 4.78 is 39.8. The summed E-state index contributed by atoms with van der Waals surface area (Å²) in [7, 11) is 0. The standard InChI is InChI=1S/C15H10BrF3O/c16-11-4-1-9(2-5-11)3-6-14(20)10-7-12(17)15(19)13(18)8-10/h1-2,4-5,7-8H,3,6H2. The molecule has 0 saturated carbocycles. The molecule has 0 aliphatic carbocycles. The minimum atomic E-state index is -1.56. The van der Waals surface area contributed by atoms with Gasteiger partial charge in [-0.1, -0.05) is 28.1 Å². The Morgan fingerprint density at radius 3 is 2.10 bits per heavy atom. The summed E-state index contributed by atoms with van der Waals surface area (Å²) in [6, 6.07) is 8.84. The zero-order chi connectivity index (χ0) is 14.7. The number of Topliss-reactive ketones (excluding diaryl/α,β-unsaturated/α-hetero) is 1. The Morgan fingerprint density at radius 2 is 1.55 bits per heavy atom. The molecule has 0 aliphatic rings. The first kappa shape index (κ1) is 14.8. The Hall–Kier alpha value is -1.62. The van der Waals surface area contributed by atoms with Gasteiger partial charge in [0.15, 0.2) is 23.2 Å². The number of aryl methyl sites for hydroxylation is 1. The van der Waals surface area contributed by atoms with Gasteiger partial charge >= 0.3 is 0 Å². The quantitative estimate of drug-likeness (QED) is 0.582. The molecule has 0 aliphatic heterocycles. The molecule has 0 heterocycles. The predicted octanol–water partition coefficient (Wildman–Crippen LogP) is 4.68. The third kappa shape index (κ3) is 3.48. The molecule has 2 aromatic carbocycles. The van der Waals surface area contributed by atoms with Gasteiger partial charge in [0.2, 0.25) is 0 Å². The molecule has 104 valence electrons. The second kappa shape index (κ2) is 6.22. The number of rotatable bonds is 4. The smallest absolute Gasteiger partial charge is 0.194 e. The second-order valence-corrected chi connectivity index (χ2v) is 5.22. The molecule has 0 amide bonds. The van der Waals surface area contributed by atoms with Crippen LogP contribution >= 0.6 is 15.9 Å². The van der Waals surface area contributed by atoms with Crippen molar-refractivity contribution in [1.29, 1.82) is 0 Å². The van der Waals surface area contributed by atoms with Crippen LogP contribution in [0, 0.1) is 17.5 Å². The maximum atomic E-state index is 13.0. The average Bonchev–Trinajstić information content (AvgIpc) is 2.43. The van der Waals surface area contributed by atoms with Crippen molar-refractivity contribution >= 4 is 21.7 Å². The highest BCUT2D eigenvalue weighted by Crippen LogP contribution is 2.17. The molecule has 2 aromatic rings. The van der Waals surface area contributed by atoms with E-state index >= 15 is 0 Å². The number of hydrogen-bond acceptors (Lipinski definition) is 1. The van der Waals surface area contributed by atoms with Gasteiger partial charge < -0.3 is 0 Å². The fourth-order valence-corrected chi connectivity index (χ4v) is 2.03. The van der Waals surface area contributed by atoms with E-state index in [1.165, 1.54) is 0 Å². The zero-order valence-corrected chi connectivity index (χ0v) is 11.9. The van der Waals surface area contributed by atoms with Crippen LogP contribution in [-0.2, 0) is 6.42 Å². The Bertz CT molecular complexity index is 615. The highest BCUT2D eigenvalue weighted by molar-refractivity contribution is 9.10. The van der Waals surface area contributed by atoms with E-state index in [1.54, 1.807) is 0 Å². The summed E-state index contributed by atoms with van der Waals surface area (Å²) in [6.07, 6.45) is 0.554. The second-order valence-electron chi connectivity index (χ2n) is 4.30. The van der Waals surface area contributed by atoms with Crippen molar-refractivity contribution in [3.05, 3.63) is 69.4 Å². The number of ketones is 1. The molecule has 0 saturated heterocycles. The molecule has 0 spiro atoms. The van der Waals surface area contributed by atoms with Crippen molar-refractivity contribution in [3.63, 3.8) is 0 Å². The first-order valence-electron chi connectivity index (χ1n) is 5.89. The summed E-state index contributed by atoms with van der Waals surface area (Å²) in [4.78, 5) is 11.8. The number of halogens is 4. The van der Waals surface area contributed by atoms with E-state index in [1.807, 2.05) is 24.3 Å². The topological polar surface area (TPSA) is 17.1 Å². The van der Waals surface area contributed by atoms with Gasteiger partial charge in [-0.15, -0.1) is 0 Å². The van der Waals surface area contributed by atoms with Crippen LogP contribution in [0.15, 0.2) is 40.9 Å². The fraction of sp³-hybridized carbons (Fsp3) is 0.133. The van der Waals surface area contributed by atoms with E-state index in [-0.39, 0.29) is 12.0 Å². The molecule has 1 nitrogen and oxygen atoms in total. The van der Waals surface area contributed by atoms with Crippen LogP contribution in [-0.4, -0.2) is 5.78 Å². The first-order valence-corrected chi connectivity index (χ1v) is 6.69. The van der Waals surface area contributed by atoms with E-state index in [9.17, 15) is 18.0 Å². The Kier molecular flexibility index (Phi) is 4.60. The van der Waals surface area contributed by atoms with E-state index in [0.29, 0.717) is 6.42 Å². The number of carbonyl (C=O) groups is 1. The van der Waals surface area contributed by atoms with Gasteiger partial charge in [0.05, 0.1) is 0 Å². The molecule has 0 radical (unpaired) electrons. The molecular formula is C15H10BrF3O. The van der Waals surface area contributed by atoms with Gasteiger partial charge in [-0.3, -0.25) is 4.79 Å². The van der Waals surface area contributed by atoms with E-state index in [0.717, 1.165) is 22.2 Å². The Morgan fingerprint density at radius 1 is 1.00 bits per heavy atom. The molecule has 0 fully saturated rings. The van der Waals surface area contributed by atoms with Crippen molar-refractivity contribution in [2.75, 3.05) is 0 Å². The lowest BCUT2D eigenvalue weighted by Crippen LogP contribution is -2.04. The summed E-state index contributed by atoms with van der Waals surface area (Å²) in [5.74, 6) is -4.69. The van der Waals surface area contributed by atoms with E-state index in [2.05, 4.69) is 15.9 Å². The van der Waals surface area contributed by atoms with Gasteiger partial charge in [0.1, 0.15) is 0 Å². The predicted molar refractivity (Wildman–Crippen MR) is 73.1 cm³/mol. The SMILES string of the molecule is O=C(CCc1ccc(Br)cc1)c1cc(F)c(F)c(F)c1. The summed E-state index contributed by atoms with van der Waals surface area (Å²) in [5.41, 5.74) is 0.781. The van der Waals surface area contributed by atoms with Crippen molar-refractivity contribution in [3.8, 4) is 0 Å². The largest absolute Gasteiger partial charge is 0.294 e. The third-order valence-corrected chi connectivity index (χ3v) is 3.39. The van der Waals surface area contributed by atoms with Crippen LogP contribution < -0.4 is 0 Å². The first-order chi connectivity index (χ1) is 9.47. The molecule has 20 heavy (non-hydrogen) atoms. The molecular weight excluding hydrogens is 333 g/mol. The number of carbonyl (C=O) groups excluding carboxylic acids is 1. The average molecular weight is 343 g/mol. The van der Waals surface area contributed by atoms with Gasteiger partial charge in [-0.2, -0.15) is 0 Å². The summed E-state index contributed by atoms with van der Waals surface area (Å²) >= 11 is 3.30. The minimum Gasteiger partial charge on any atom is -0.294 e. The normalized spacial score (nSPS) is 10.6. The van der Waals surface area contributed by atoms with Crippen LogP contribution in [0.2, 0.25) is 0 Å². The molecule has 2 rings (SSSR count). The summed E-state index contributed by atoms with van der Waals surface area (Å²) in [6.45, 7) is 0. The number of hydrogen-bond donors (Lipinski definition) is 0. The van der Waals surface area contributed by atoms with Crippen LogP contribution in [0.3, 0.4) is 0 Å². The lowest BCUT2D eigenvalue weighted by atomic mass is 10.0. The zero-order valence-electron chi connectivity index (χ0n) is 10.3. The fourth-order valence-electron chi connectivity index (χ4n) is 1.77. The minimum absolute atomic E-state index is 0.103. The van der Waals surface area contributed by atoms with Crippen LogP contribution in [0.25, 0.3) is 0 Å². The van der Waals surface area contributed by atoms with E-state index in [4.69, 9.17) is 0 Å². The maximum Gasteiger partial charge on any atom is 0.194 e. The van der Waals surface area contributed by atoms with E-state index < -0.39 is 23.2 Å². The highest BCUT2D eigenvalue weighted by Gasteiger charge is 2.14. The Balaban J connectivity index is 2.07. The monoisotopic (exact) mass is 342 g/mol. The maximum absolute atomic E-state index is 13.0. The van der Waals surface area contributed by atoms with Crippen LogP contribution in [0.1, 0.15) is 22.3 Å². The van der Waals surface area contributed by atoms with Crippen molar-refractivity contribution in [2.45, 2.75) is 12.8 Å². The van der Waals surface area contributed by atoms with Gasteiger partial charge in [-0.25, -0.2) is 13.2 Å². The molecule has 0 bridgehead atoms. The highest BCUT2D eigenvalue weighted by atomic mass is 79.9. The van der Waals surface area contributed by atoms with Gasteiger partial charge in [0.25, 0.3) is 0 Å². The van der Waals surface area contributed by atoms with Crippen molar-refractivity contribution in [2.24, 2.45) is 0 Å². The summed E-state index contributed by atoms with van der Waals surface area (Å²) in [5, 5.41) is 0. The molecule has 0 atom stereocenters. The van der Waals surface area contributed by atoms with Crippen molar-refractivity contribution < 1.29 is 18.0 Å². The molecule has 0 aromatic heterocycles. The lowest BCUT2D eigenvalue weighted by molar-refractivity contribution is 0.0981. The lowest BCUT2D eigenvalue weighted by Gasteiger charge is -2.04. The molecule has 0 unspecified atom stereocenters. The van der Waals surface area contributed by atoms with Gasteiger partial charge in [-0.05, 0) is 36.2 Å². The Labute approximate surface area is 122 Å². The van der Waals surface area contributed by atoms with Crippen LogP contribution in [0.4, 0.5) is 13.2 Å².